The largest absolute Gasteiger partial charge is 0.310 e. The SMILES string of the molecule is CCCNC(c1ccc(Cl)cc1F)C1C2CCCC21. The predicted molar refractivity (Wildman–Crippen MR) is 76.8 cm³/mol. The third-order valence-electron chi connectivity index (χ3n) is 4.77. The Hall–Kier alpha value is -0.600. The Labute approximate surface area is 119 Å². The van der Waals surface area contributed by atoms with Crippen LogP contribution >= 0.6 is 11.6 Å². The van der Waals surface area contributed by atoms with Crippen molar-refractivity contribution in [3.05, 3.63) is 34.6 Å². The molecule has 0 bridgehead atoms. The van der Waals surface area contributed by atoms with Gasteiger partial charge in [-0.25, -0.2) is 4.39 Å². The second-order valence-electron chi connectivity index (χ2n) is 5.93. The van der Waals surface area contributed by atoms with Crippen LogP contribution in [0.4, 0.5) is 4.39 Å². The van der Waals surface area contributed by atoms with Crippen molar-refractivity contribution in [3.63, 3.8) is 0 Å². The fourth-order valence-corrected chi connectivity index (χ4v) is 4.04. The molecule has 2 aliphatic carbocycles. The minimum absolute atomic E-state index is 0.161. The maximum Gasteiger partial charge on any atom is 0.129 e. The quantitative estimate of drug-likeness (QED) is 0.834. The zero-order chi connectivity index (χ0) is 13.4. The standard InChI is InChI=1S/C16H21ClFN/c1-2-8-19-16(15-11-4-3-5-12(11)15)13-7-6-10(17)9-14(13)18/h6-7,9,11-12,15-16,19H,2-5,8H2,1H3. The van der Waals surface area contributed by atoms with Crippen LogP contribution in [0.3, 0.4) is 0 Å². The van der Waals surface area contributed by atoms with Crippen LogP contribution in [0, 0.1) is 23.6 Å². The smallest absolute Gasteiger partial charge is 0.129 e. The number of benzene rings is 1. The molecule has 3 heteroatoms. The maximum atomic E-state index is 14.2. The molecule has 2 aliphatic rings. The Morgan fingerprint density at radius 3 is 2.74 bits per heavy atom. The van der Waals surface area contributed by atoms with Crippen molar-refractivity contribution < 1.29 is 4.39 Å². The highest BCUT2D eigenvalue weighted by Gasteiger charge is 2.56. The highest BCUT2D eigenvalue weighted by Crippen LogP contribution is 2.62. The van der Waals surface area contributed by atoms with Crippen molar-refractivity contribution >= 4 is 11.6 Å². The van der Waals surface area contributed by atoms with E-state index in [1.807, 2.05) is 6.07 Å². The highest BCUT2D eigenvalue weighted by atomic mass is 35.5. The van der Waals surface area contributed by atoms with Gasteiger partial charge in [0.05, 0.1) is 0 Å². The topological polar surface area (TPSA) is 12.0 Å². The fourth-order valence-electron chi connectivity index (χ4n) is 3.88. The summed E-state index contributed by atoms with van der Waals surface area (Å²) in [6, 6.07) is 5.28. The molecule has 3 atom stereocenters. The van der Waals surface area contributed by atoms with Gasteiger partial charge in [0.2, 0.25) is 0 Å². The molecule has 0 saturated heterocycles. The lowest BCUT2D eigenvalue weighted by atomic mass is 9.96. The molecule has 0 heterocycles. The molecule has 1 N–H and O–H groups in total. The maximum absolute atomic E-state index is 14.2. The van der Waals surface area contributed by atoms with Gasteiger partial charge in [0, 0.05) is 16.6 Å². The van der Waals surface area contributed by atoms with Crippen LogP contribution < -0.4 is 5.32 Å². The molecule has 3 rings (SSSR count). The van der Waals surface area contributed by atoms with Gasteiger partial charge in [0.1, 0.15) is 5.82 Å². The number of nitrogens with one attached hydrogen (secondary N) is 1. The summed E-state index contributed by atoms with van der Waals surface area (Å²) >= 11 is 5.86. The number of rotatable bonds is 5. The molecule has 0 spiro atoms. The molecule has 104 valence electrons. The average molecular weight is 282 g/mol. The molecule has 0 aliphatic heterocycles. The number of fused-ring (bicyclic) bond motifs is 1. The zero-order valence-corrected chi connectivity index (χ0v) is 12.1. The fraction of sp³-hybridized carbons (Fsp3) is 0.625. The molecule has 3 unspecified atom stereocenters. The summed E-state index contributed by atoms with van der Waals surface area (Å²) in [5.41, 5.74) is 0.803. The monoisotopic (exact) mass is 281 g/mol. The molecule has 0 radical (unpaired) electrons. The van der Waals surface area contributed by atoms with Gasteiger partial charge in [-0.2, -0.15) is 0 Å². The molecule has 1 aromatic rings. The van der Waals surface area contributed by atoms with Crippen LogP contribution in [-0.2, 0) is 0 Å². The summed E-state index contributed by atoms with van der Waals surface area (Å²) in [7, 11) is 0. The number of hydrogen-bond donors (Lipinski definition) is 1. The summed E-state index contributed by atoms with van der Waals surface area (Å²) < 4.78 is 14.2. The Morgan fingerprint density at radius 2 is 2.11 bits per heavy atom. The third-order valence-corrected chi connectivity index (χ3v) is 5.00. The van der Waals surface area contributed by atoms with Crippen molar-refractivity contribution in [1.29, 1.82) is 0 Å². The molecular weight excluding hydrogens is 261 g/mol. The number of halogens is 2. The van der Waals surface area contributed by atoms with E-state index < -0.39 is 0 Å². The lowest BCUT2D eigenvalue weighted by Gasteiger charge is -2.21. The van der Waals surface area contributed by atoms with Crippen LogP contribution in [-0.4, -0.2) is 6.54 Å². The first-order valence-corrected chi connectivity index (χ1v) is 7.78. The van der Waals surface area contributed by atoms with Crippen molar-refractivity contribution in [1.82, 2.24) is 5.32 Å². The van der Waals surface area contributed by atoms with Gasteiger partial charge in [-0.05, 0) is 55.7 Å². The molecule has 1 nitrogen and oxygen atoms in total. The Morgan fingerprint density at radius 1 is 1.37 bits per heavy atom. The molecule has 0 amide bonds. The minimum Gasteiger partial charge on any atom is -0.310 e. The summed E-state index contributed by atoms with van der Waals surface area (Å²) in [6.45, 7) is 3.10. The Kier molecular flexibility index (Phi) is 3.81. The van der Waals surface area contributed by atoms with E-state index in [0.717, 1.165) is 30.4 Å². The van der Waals surface area contributed by atoms with E-state index in [-0.39, 0.29) is 11.9 Å². The lowest BCUT2D eigenvalue weighted by molar-refractivity contribution is 0.404. The first kappa shape index (κ1) is 13.4. The van der Waals surface area contributed by atoms with Crippen LogP contribution in [0.1, 0.15) is 44.2 Å². The average Bonchev–Trinajstić information content (AvgIpc) is 2.84. The van der Waals surface area contributed by atoms with E-state index in [4.69, 9.17) is 11.6 Å². The Balaban J connectivity index is 1.82. The summed E-state index contributed by atoms with van der Waals surface area (Å²) in [5, 5.41) is 4.03. The summed E-state index contributed by atoms with van der Waals surface area (Å²) in [4.78, 5) is 0. The van der Waals surface area contributed by atoms with Gasteiger partial charge in [-0.1, -0.05) is 31.0 Å². The summed E-state index contributed by atoms with van der Waals surface area (Å²) in [6.07, 6.45) is 5.09. The van der Waals surface area contributed by atoms with Crippen LogP contribution in [0.25, 0.3) is 0 Å². The molecule has 2 fully saturated rings. The van der Waals surface area contributed by atoms with Crippen LogP contribution in [0.15, 0.2) is 18.2 Å². The minimum atomic E-state index is -0.161. The predicted octanol–water partition coefficient (Wildman–Crippen LogP) is 4.57. The number of hydrogen-bond acceptors (Lipinski definition) is 1. The lowest BCUT2D eigenvalue weighted by Crippen LogP contribution is -2.26. The highest BCUT2D eigenvalue weighted by molar-refractivity contribution is 6.30. The first-order chi connectivity index (χ1) is 9.22. The molecular formula is C16H21ClFN. The second-order valence-corrected chi connectivity index (χ2v) is 6.37. The van der Waals surface area contributed by atoms with Gasteiger partial charge >= 0.3 is 0 Å². The molecule has 0 aromatic heterocycles. The van der Waals surface area contributed by atoms with Crippen LogP contribution in [0.2, 0.25) is 5.02 Å². The van der Waals surface area contributed by atoms with E-state index >= 15 is 0 Å². The van der Waals surface area contributed by atoms with Crippen LogP contribution in [0.5, 0.6) is 0 Å². The summed E-state index contributed by atoms with van der Waals surface area (Å²) in [5.74, 6) is 2.12. The third kappa shape index (κ3) is 2.53. The molecule has 2 saturated carbocycles. The van der Waals surface area contributed by atoms with Crippen molar-refractivity contribution in [3.8, 4) is 0 Å². The van der Waals surface area contributed by atoms with Crippen molar-refractivity contribution in [2.24, 2.45) is 17.8 Å². The molecule has 19 heavy (non-hydrogen) atoms. The van der Waals surface area contributed by atoms with E-state index in [0.29, 0.717) is 10.9 Å². The van der Waals surface area contributed by atoms with Gasteiger partial charge in [-0.15, -0.1) is 0 Å². The first-order valence-electron chi connectivity index (χ1n) is 7.40. The van der Waals surface area contributed by atoms with E-state index in [1.165, 1.54) is 25.3 Å². The van der Waals surface area contributed by atoms with Gasteiger partial charge < -0.3 is 5.32 Å². The van der Waals surface area contributed by atoms with Crippen molar-refractivity contribution in [2.75, 3.05) is 6.54 Å². The van der Waals surface area contributed by atoms with E-state index in [9.17, 15) is 4.39 Å². The van der Waals surface area contributed by atoms with Gasteiger partial charge in [0.15, 0.2) is 0 Å². The van der Waals surface area contributed by atoms with Gasteiger partial charge in [0.25, 0.3) is 0 Å². The zero-order valence-electron chi connectivity index (χ0n) is 11.3. The normalized spacial score (nSPS) is 30.2. The van der Waals surface area contributed by atoms with E-state index in [1.54, 1.807) is 6.07 Å². The van der Waals surface area contributed by atoms with Crippen molar-refractivity contribution in [2.45, 2.75) is 38.6 Å². The molecule has 1 aromatic carbocycles. The van der Waals surface area contributed by atoms with E-state index in [2.05, 4.69) is 12.2 Å². The van der Waals surface area contributed by atoms with Gasteiger partial charge in [-0.3, -0.25) is 0 Å². The Bertz CT molecular complexity index is 452. The second kappa shape index (κ2) is 5.41.